The number of amides is 1. The summed E-state index contributed by atoms with van der Waals surface area (Å²) in [5, 5.41) is 12.9. The van der Waals surface area contributed by atoms with Crippen molar-refractivity contribution in [2.45, 2.75) is 25.4 Å². The summed E-state index contributed by atoms with van der Waals surface area (Å²) < 4.78 is 1.89. The minimum Gasteiger partial charge on any atom is -0.387 e. The Morgan fingerprint density at radius 2 is 2.00 bits per heavy atom. The smallest absolute Gasteiger partial charge is 0.220 e. The van der Waals surface area contributed by atoms with Crippen molar-refractivity contribution < 1.29 is 9.90 Å². The number of hydrogen-bond donors (Lipinski definition) is 2. The number of nitrogens with zero attached hydrogens (tertiary/aromatic N) is 1. The molecule has 1 aromatic heterocycles. The number of benzene rings is 1. The molecule has 0 radical (unpaired) electrons. The van der Waals surface area contributed by atoms with Crippen LogP contribution in [0.4, 0.5) is 0 Å². The molecule has 1 aromatic carbocycles. The molecule has 21 heavy (non-hydrogen) atoms. The lowest BCUT2D eigenvalue weighted by Crippen LogP contribution is -2.26. The van der Waals surface area contributed by atoms with Gasteiger partial charge < -0.3 is 15.0 Å². The third kappa shape index (κ3) is 4.76. The Balaban J connectivity index is 1.66. The van der Waals surface area contributed by atoms with Crippen LogP contribution in [0.5, 0.6) is 0 Å². The molecule has 4 heteroatoms. The van der Waals surface area contributed by atoms with Gasteiger partial charge in [0.2, 0.25) is 5.91 Å². The molecule has 2 N–H and O–H groups in total. The molecule has 2 aromatic rings. The number of aliphatic hydroxyl groups excluding tert-OH is 1. The second kappa shape index (κ2) is 7.64. The van der Waals surface area contributed by atoms with Crippen LogP contribution in [-0.4, -0.2) is 22.1 Å². The highest BCUT2D eigenvalue weighted by molar-refractivity contribution is 5.76. The lowest BCUT2D eigenvalue weighted by molar-refractivity contribution is -0.121. The fraction of sp³-hybridized carbons (Fsp3) is 0.353. The van der Waals surface area contributed by atoms with Crippen LogP contribution < -0.4 is 5.32 Å². The summed E-state index contributed by atoms with van der Waals surface area (Å²) in [6.45, 7) is 0.486. The summed E-state index contributed by atoms with van der Waals surface area (Å²) in [6, 6.07) is 13.7. The molecular weight excluding hydrogens is 264 g/mol. The quantitative estimate of drug-likeness (QED) is 0.820. The molecular formula is C17H22N2O2. The van der Waals surface area contributed by atoms with Gasteiger partial charge in [0.15, 0.2) is 0 Å². The lowest BCUT2D eigenvalue weighted by atomic mass is 10.1. The van der Waals surface area contributed by atoms with E-state index in [1.165, 1.54) is 0 Å². The second-order valence-electron chi connectivity index (χ2n) is 5.18. The third-order valence-corrected chi connectivity index (χ3v) is 3.55. The highest BCUT2D eigenvalue weighted by Gasteiger charge is 2.10. The number of aryl methyl sites for hydroxylation is 2. The first-order chi connectivity index (χ1) is 10.2. The van der Waals surface area contributed by atoms with Gasteiger partial charge in [-0.3, -0.25) is 4.79 Å². The molecule has 0 aliphatic rings. The van der Waals surface area contributed by atoms with Crippen molar-refractivity contribution in [1.29, 1.82) is 0 Å². The summed E-state index contributed by atoms with van der Waals surface area (Å²) in [7, 11) is 1.90. The summed E-state index contributed by atoms with van der Waals surface area (Å²) in [5.74, 6) is 0.0259. The minimum atomic E-state index is -0.542. The Labute approximate surface area is 125 Å². The number of aromatic nitrogens is 1. The summed E-state index contributed by atoms with van der Waals surface area (Å²) in [6.07, 6.45) is 3.10. The van der Waals surface area contributed by atoms with E-state index in [9.17, 15) is 9.90 Å². The highest BCUT2D eigenvalue weighted by Crippen LogP contribution is 2.15. The molecule has 0 aliphatic heterocycles. The maximum absolute atomic E-state index is 11.8. The van der Waals surface area contributed by atoms with Gasteiger partial charge in [0, 0.05) is 31.9 Å². The van der Waals surface area contributed by atoms with Crippen LogP contribution >= 0.6 is 0 Å². The zero-order valence-electron chi connectivity index (χ0n) is 12.3. The number of carbonyl (C=O) groups excluding carboxylic acids is 1. The fourth-order valence-corrected chi connectivity index (χ4v) is 2.31. The largest absolute Gasteiger partial charge is 0.387 e. The van der Waals surface area contributed by atoms with Gasteiger partial charge >= 0.3 is 0 Å². The average molecular weight is 286 g/mol. The molecule has 0 saturated carbocycles. The molecule has 0 aliphatic carbocycles. The van der Waals surface area contributed by atoms with Crippen molar-refractivity contribution >= 4 is 5.91 Å². The van der Waals surface area contributed by atoms with Crippen LogP contribution in [0.2, 0.25) is 0 Å². The third-order valence-electron chi connectivity index (χ3n) is 3.55. The van der Waals surface area contributed by atoms with Gasteiger partial charge in [0.1, 0.15) is 0 Å². The molecule has 1 amide bonds. The van der Waals surface area contributed by atoms with Gasteiger partial charge in [0.05, 0.1) is 6.10 Å². The maximum atomic E-state index is 11.8. The van der Waals surface area contributed by atoms with E-state index in [1.54, 1.807) is 0 Å². The Kier molecular flexibility index (Phi) is 5.58. The lowest BCUT2D eigenvalue weighted by Gasteiger charge is -2.12. The second-order valence-corrected chi connectivity index (χ2v) is 5.18. The van der Waals surface area contributed by atoms with Crippen molar-refractivity contribution in [3.05, 3.63) is 59.9 Å². The van der Waals surface area contributed by atoms with Crippen molar-refractivity contribution in [1.82, 2.24) is 9.88 Å². The van der Waals surface area contributed by atoms with Crippen molar-refractivity contribution in [2.75, 3.05) is 6.54 Å². The van der Waals surface area contributed by atoms with Crippen molar-refractivity contribution in [3.63, 3.8) is 0 Å². The van der Waals surface area contributed by atoms with E-state index >= 15 is 0 Å². The molecule has 1 atom stereocenters. The average Bonchev–Trinajstić information content (AvgIpc) is 2.92. The Morgan fingerprint density at radius 3 is 2.67 bits per heavy atom. The van der Waals surface area contributed by atoms with E-state index in [2.05, 4.69) is 5.32 Å². The molecule has 0 bridgehead atoms. The number of carbonyl (C=O) groups is 1. The van der Waals surface area contributed by atoms with Gasteiger partial charge in [-0.15, -0.1) is 0 Å². The van der Waals surface area contributed by atoms with E-state index in [0.29, 0.717) is 19.4 Å². The highest BCUT2D eigenvalue weighted by atomic mass is 16.3. The van der Waals surface area contributed by atoms with Crippen LogP contribution in [0.3, 0.4) is 0 Å². The van der Waals surface area contributed by atoms with Gasteiger partial charge in [-0.1, -0.05) is 30.3 Å². The van der Waals surface area contributed by atoms with E-state index in [0.717, 1.165) is 17.7 Å². The number of rotatable bonds is 7. The first-order valence-electron chi connectivity index (χ1n) is 7.26. The molecule has 2 rings (SSSR count). The number of aliphatic hydroxyl groups is 1. The number of nitrogens with one attached hydrogen (secondary N) is 1. The van der Waals surface area contributed by atoms with Gasteiger partial charge in [0.25, 0.3) is 0 Å². The Bertz CT molecular complexity index is 563. The normalized spacial score (nSPS) is 12.1. The topological polar surface area (TPSA) is 54.3 Å². The van der Waals surface area contributed by atoms with E-state index in [-0.39, 0.29) is 5.91 Å². The first kappa shape index (κ1) is 15.3. The van der Waals surface area contributed by atoms with Gasteiger partial charge in [-0.25, -0.2) is 0 Å². The van der Waals surface area contributed by atoms with Crippen LogP contribution in [0.25, 0.3) is 0 Å². The molecule has 112 valence electrons. The van der Waals surface area contributed by atoms with E-state index in [1.807, 2.05) is 60.3 Å². The molecule has 1 heterocycles. The van der Waals surface area contributed by atoms with Crippen molar-refractivity contribution in [2.24, 2.45) is 7.05 Å². The summed E-state index contributed by atoms with van der Waals surface area (Å²) in [5.41, 5.74) is 2.03. The minimum absolute atomic E-state index is 0.0259. The SMILES string of the molecule is Cn1cccc1[C@@H](O)CCNC(=O)CCc1ccccc1. The van der Waals surface area contributed by atoms with Crippen LogP contribution in [0.15, 0.2) is 48.7 Å². The monoisotopic (exact) mass is 286 g/mol. The van der Waals surface area contributed by atoms with Crippen LogP contribution in [0.1, 0.15) is 30.2 Å². The standard InChI is InChI=1S/C17H22N2O2/c1-19-13-5-8-15(19)16(20)11-12-18-17(21)10-9-14-6-3-2-4-7-14/h2-8,13,16,20H,9-12H2,1H3,(H,18,21)/t16-/m0/s1. The number of hydrogen-bond acceptors (Lipinski definition) is 2. The van der Waals surface area contributed by atoms with Crippen LogP contribution in [0, 0.1) is 0 Å². The Morgan fingerprint density at radius 1 is 1.24 bits per heavy atom. The van der Waals surface area contributed by atoms with E-state index < -0.39 is 6.10 Å². The first-order valence-corrected chi connectivity index (χ1v) is 7.26. The van der Waals surface area contributed by atoms with Gasteiger partial charge in [-0.05, 0) is 30.5 Å². The fourth-order valence-electron chi connectivity index (χ4n) is 2.31. The Hall–Kier alpha value is -2.07. The molecule has 0 saturated heterocycles. The molecule has 0 unspecified atom stereocenters. The molecule has 4 nitrogen and oxygen atoms in total. The van der Waals surface area contributed by atoms with Gasteiger partial charge in [-0.2, -0.15) is 0 Å². The zero-order chi connectivity index (χ0) is 15.1. The zero-order valence-corrected chi connectivity index (χ0v) is 12.3. The molecule has 0 spiro atoms. The molecule has 0 fully saturated rings. The predicted molar refractivity (Wildman–Crippen MR) is 82.8 cm³/mol. The van der Waals surface area contributed by atoms with E-state index in [4.69, 9.17) is 0 Å². The van der Waals surface area contributed by atoms with Crippen molar-refractivity contribution in [3.8, 4) is 0 Å². The maximum Gasteiger partial charge on any atom is 0.220 e. The summed E-state index contributed by atoms with van der Waals surface area (Å²) >= 11 is 0. The predicted octanol–water partition coefficient (Wildman–Crippen LogP) is 2.20. The van der Waals surface area contributed by atoms with Crippen LogP contribution in [-0.2, 0) is 18.3 Å². The summed E-state index contributed by atoms with van der Waals surface area (Å²) in [4.78, 5) is 11.8.